The van der Waals surface area contributed by atoms with Crippen molar-refractivity contribution in [1.82, 2.24) is 0 Å². The molecule has 0 fully saturated rings. The third-order valence-electron chi connectivity index (χ3n) is 1.21. The summed E-state index contributed by atoms with van der Waals surface area (Å²) in [6.45, 7) is 2.08. The van der Waals surface area contributed by atoms with E-state index in [-0.39, 0.29) is 25.8 Å². The molecule has 1 aromatic carbocycles. The van der Waals surface area contributed by atoms with Gasteiger partial charge in [-0.2, -0.15) is 0 Å². The van der Waals surface area contributed by atoms with Crippen LogP contribution in [0.4, 0.5) is 0 Å². The predicted molar refractivity (Wildman–Crippen MR) is 63.8 cm³/mol. The third kappa shape index (κ3) is 28.4. The van der Waals surface area contributed by atoms with Gasteiger partial charge in [0.15, 0.2) is 0 Å². The summed E-state index contributed by atoms with van der Waals surface area (Å²) in [6.07, 6.45) is 0. The van der Waals surface area contributed by atoms with E-state index in [9.17, 15) is 37.8 Å². The van der Waals surface area contributed by atoms with Gasteiger partial charge in [0.05, 0.1) is 0 Å². The van der Waals surface area contributed by atoms with Crippen molar-refractivity contribution in [3.8, 4) is 0 Å². The van der Waals surface area contributed by atoms with Gasteiger partial charge in [-0.05, 0) is 25.2 Å². The van der Waals surface area contributed by atoms with Crippen molar-refractivity contribution >= 4 is 33.0 Å². The van der Waals surface area contributed by atoms with Crippen LogP contribution in [-0.2, 0) is 52.7 Å². The Hall–Kier alpha value is 0.250. The van der Waals surface area contributed by atoms with Gasteiger partial charge >= 0.3 is 58.9 Å². The summed E-state index contributed by atoms with van der Waals surface area (Å²) in [7, 11) is -12.9. The topological polar surface area (TPSA) is 179 Å². The molecule has 22 heavy (non-hydrogen) atoms. The Morgan fingerprint density at radius 2 is 1.00 bits per heavy atom. The van der Waals surface area contributed by atoms with Crippen molar-refractivity contribution in [3.05, 3.63) is 35.9 Å². The third-order valence-corrected chi connectivity index (χ3v) is 3.34. The minimum atomic E-state index is -3.24. The Labute approximate surface area is 148 Å². The second-order valence-electron chi connectivity index (χ2n) is 2.71. The summed E-state index contributed by atoms with van der Waals surface area (Å²) in [6, 6.07) is 10.3. The van der Waals surface area contributed by atoms with Gasteiger partial charge in [-0.15, -0.1) is 0 Å². The van der Waals surface area contributed by atoms with Crippen LogP contribution in [-0.4, -0.2) is 0 Å². The Kier molecular flexibility index (Phi) is 21.7. The smallest absolute Gasteiger partial charge is 0.563 e. The van der Waals surface area contributed by atoms with Crippen molar-refractivity contribution in [1.29, 1.82) is 0 Å². The predicted octanol–water partition coefficient (Wildman–Crippen LogP) is 0.0693. The van der Waals surface area contributed by atoms with Crippen molar-refractivity contribution in [2.45, 2.75) is 6.92 Å². The zero-order valence-corrected chi connectivity index (χ0v) is 17.9. The molecule has 15 heteroatoms. The van der Waals surface area contributed by atoms with Crippen molar-refractivity contribution in [2.24, 2.45) is 0 Å². The second kappa shape index (κ2) is 17.6. The molecule has 0 amide bonds. The van der Waals surface area contributed by atoms with E-state index in [1.165, 1.54) is 5.56 Å². The molecule has 10 nitrogen and oxygen atoms in total. The van der Waals surface area contributed by atoms with E-state index in [1.807, 2.05) is 18.2 Å². The molecule has 4 unspecified atom stereocenters. The first-order valence-electron chi connectivity index (χ1n) is 4.60. The van der Waals surface area contributed by atoms with E-state index in [4.69, 9.17) is 0 Å². The Morgan fingerprint density at radius 1 is 0.727 bits per heavy atom. The fourth-order valence-corrected chi connectivity index (χ4v) is 1.51. The van der Waals surface area contributed by atoms with Crippen LogP contribution in [0, 0.1) is 6.92 Å². The van der Waals surface area contributed by atoms with E-state index in [0.717, 1.165) is 0 Å². The normalized spacial score (nSPS) is 11.3. The molecule has 0 aliphatic rings. The Bertz CT molecular complexity index is 433. The molecule has 0 heterocycles. The van der Waals surface area contributed by atoms with Crippen LogP contribution in [0.25, 0.3) is 0 Å². The minimum absolute atomic E-state index is 0. The van der Waals surface area contributed by atoms with Gasteiger partial charge in [0.2, 0.25) is 0 Å². The van der Waals surface area contributed by atoms with E-state index >= 15 is 0 Å². The number of benzene rings is 1. The van der Waals surface area contributed by atoms with Crippen LogP contribution in [0.15, 0.2) is 30.3 Å². The largest absolute Gasteiger partial charge is 4.00 e. The maximum absolute atomic E-state index is 9.24. The molecular weight excluding hydrogens is 546 g/mol. The van der Waals surface area contributed by atoms with E-state index < -0.39 is 33.0 Å². The monoisotopic (exact) mass is 556 g/mol. The quantitative estimate of drug-likeness (QED) is 0.365. The summed E-state index contributed by atoms with van der Waals surface area (Å²) < 4.78 is 43.3. The summed E-state index contributed by atoms with van der Waals surface area (Å²) in [5.74, 6) is 0. The van der Waals surface area contributed by atoms with Gasteiger partial charge in [-0.3, -0.25) is 0 Å². The first-order chi connectivity index (χ1) is 9.65. The first kappa shape index (κ1) is 27.1. The van der Waals surface area contributed by atoms with Gasteiger partial charge in [-0.25, -0.2) is 0 Å². The van der Waals surface area contributed by atoms with Crippen molar-refractivity contribution in [3.63, 3.8) is 0 Å². The van der Waals surface area contributed by atoms with Crippen LogP contribution in [0.2, 0.25) is 0 Å². The molecule has 0 saturated carbocycles. The van der Waals surface area contributed by atoms with Gasteiger partial charge in [0, 0.05) is 0 Å². The standard InChI is InChI=1S/C7H8.Hf.2O5P2/c1-7-5-3-2-4-6-7;;2*1-6(2)5-7(3)4/h2-6H,1H3;;;/q;+4;;. The van der Waals surface area contributed by atoms with E-state index in [0.29, 0.717) is 0 Å². The van der Waals surface area contributed by atoms with Gasteiger partial charge < -0.3 is 19.6 Å². The number of hydrogen-bond donors (Lipinski definition) is 0. The zero-order valence-electron chi connectivity index (χ0n) is 10.8. The van der Waals surface area contributed by atoms with Gasteiger partial charge in [-0.1, -0.05) is 35.9 Å². The molecule has 0 spiro atoms. The molecule has 1 aromatic rings. The SMILES string of the molecule is Cc1ccccc1.O=[P+]([O-])O[P+](=O)[O-].O=[P+]([O-])O[P+](=O)[O-].[Hf+4]. The van der Waals surface area contributed by atoms with Crippen LogP contribution in [0.5, 0.6) is 0 Å². The van der Waals surface area contributed by atoms with Gasteiger partial charge in [0.25, 0.3) is 0 Å². The fraction of sp³-hybridized carbons (Fsp3) is 0.143. The van der Waals surface area contributed by atoms with Crippen molar-refractivity contribution < 1.29 is 72.3 Å². The van der Waals surface area contributed by atoms with Crippen LogP contribution >= 0.6 is 33.0 Å². The molecule has 0 N–H and O–H groups in total. The van der Waals surface area contributed by atoms with Crippen LogP contribution in [0.3, 0.4) is 0 Å². The van der Waals surface area contributed by atoms with E-state index in [2.05, 4.69) is 27.7 Å². The molecule has 0 radical (unpaired) electrons. The molecule has 0 aliphatic heterocycles. The second-order valence-corrected chi connectivity index (χ2v) is 5.81. The fourth-order valence-electron chi connectivity index (χ4n) is 0.643. The first-order valence-corrected chi connectivity index (χ1v) is 8.98. The molecular formula is C7H8HfO10P4+4. The minimum Gasteiger partial charge on any atom is -0.563 e. The molecule has 1 rings (SSSR count). The maximum Gasteiger partial charge on any atom is 4.00 e. The number of rotatable bonds is 4. The molecule has 116 valence electrons. The maximum atomic E-state index is 9.24. The average Bonchev–Trinajstić information content (AvgIpc) is 2.27. The number of hydrogen-bond acceptors (Lipinski definition) is 10. The summed E-state index contributed by atoms with van der Waals surface area (Å²) >= 11 is 0. The molecule has 4 atom stereocenters. The molecule has 0 aromatic heterocycles. The van der Waals surface area contributed by atoms with E-state index in [1.54, 1.807) is 0 Å². The Balaban J connectivity index is -0.000000241. The molecule has 0 bridgehead atoms. The summed E-state index contributed by atoms with van der Waals surface area (Å²) in [5, 5.41) is 0. The number of aryl methyl sites for hydroxylation is 1. The summed E-state index contributed by atoms with van der Waals surface area (Å²) in [5.41, 5.74) is 1.32. The van der Waals surface area contributed by atoms with Crippen LogP contribution < -0.4 is 19.6 Å². The molecule has 0 aliphatic carbocycles. The average molecular weight is 555 g/mol. The Morgan fingerprint density at radius 3 is 1.09 bits per heavy atom. The molecule has 0 saturated heterocycles. The van der Waals surface area contributed by atoms with Crippen molar-refractivity contribution in [2.75, 3.05) is 0 Å². The summed E-state index contributed by atoms with van der Waals surface area (Å²) in [4.78, 5) is 37.0. The van der Waals surface area contributed by atoms with Gasteiger partial charge in [0.1, 0.15) is 8.62 Å². The van der Waals surface area contributed by atoms with Crippen LogP contribution in [0.1, 0.15) is 5.56 Å². The zero-order chi connectivity index (χ0) is 16.8.